The zero-order valence-corrected chi connectivity index (χ0v) is 16.0. The molecule has 0 amide bonds. The Labute approximate surface area is 159 Å². The van der Waals surface area contributed by atoms with Gasteiger partial charge in [-0.15, -0.1) is 0 Å². The standard InChI is InChI=1S/C20H24N4OS/c1-3-4-10-21-20(26)22-15-6-5-7-16(12-15)25-13-19-23-17-9-8-14(2)11-18(17)24-19/h5-9,11-12H,3-4,10,13H2,1-2H3,(H,23,24)(H2,21,22,26). The van der Waals surface area contributed by atoms with Gasteiger partial charge in [-0.1, -0.05) is 25.5 Å². The number of H-pyrrole nitrogens is 1. The number of nitrogens with zero attached hydrogens (tertiary/aromatic N) is 1. The van der Waals surface area contributed by atoms with Crippen molar-refractivity contribution in [3.8, 4) is 5.75 Å². The lowest BCUT2D eigenvalue weighted by atomic mass is 10.2. The number of hydrogen-bond donors (Lipinski definition) is 3. The molecule has 0 unspecified atom stereocenters. The van der Waals surface area contributed by atoms with Gasteiger partial charge in [0.25, 0.3) is 0 Å². The van der Waals surface area contributed by atoms with Gasteiger partial charge in [0, 0.05) is 18.3 Å². The lowest BCUT2D eigenvalue weighted by molar-refractivity contribution is 0.297. The molecule has 26 heavy (non-hydrogen) atoms. The molecule has 3 N–H and O–H groups in total. The summed E-state index contributed by atoms with van der Waals surface area (Å²) in [6, 6.07) is 13.9. The van der Waals surface area contributed by atoms with Gasteiger partial charge >= 0.3 is 0 Å². The number of anilines is 1. The number of aromatic nitrogens is 2. The van der Waals surface area contributed by atoms with Crippen molar-refractivity contribution in [2.75, 3.05) is 11.9 Å². The Balaban J connectivity index is 1.58. The first-order chi connectivity index (χ1) is 12.6. The first kappa shape index (κ1) is 18.2. The summed E-state index contributed by atoms with van der Waals surface area (Å²) in [6.07, 6.45) is 2.24. The molecule has 0 bridgehead atoms. The van der Waals surface area contributed by atoms with Gasteiger partial charge in [0.2, 0.25) is 0 Å². The van der Waals surface area contributed by atoms with Crippen LogP contribution in [0.25, 0.3) is 11.0 Å². The molecule has 3 rings (SSSR count). The van der Waals surface area contributed by atoms with Crippen molar-refractivity contribution in [2.24, 2.45) is 0 Å². The van der Waals surface area contributed by atoms with E-state index in [0.717, 1.165) is 47.7 Å². The molecule has 1 aromatic heterocycles. The van der Waals surface area contributed by atoms with Crippen LogP contribution in [0.15, 0.2) is 42.5 Å². The molecule has 0 saturated carbocycles. The smallest absolute Gasteiger partial charge is 0.170 e. The largest absolute Gasteiger partial charge is 0.486 e. The van der Waals surface area contributed by atoms with Gasteiger partial charge in [-0.2, -0.15) is 0 Å². The Bertz CT molecular complexity index is 890. The summed E-state index contributed by atoms with van der Waals surface area (Å²) in [4.78, 5) is 7.85. The summed E-state index contributed by atoms with van der Waals surface area (Å²) in [5, 5.41) is 7.01. The van der Waals surface area contributed by atoms with Gasteiger partial charge in [-0.3, -0.25) is 0 Å². The molecule has 5 nitrogen and oxygen atoms in total. The molecule has 0 atom stereocenters. The summed E-state index contributed by atoms with van der Waals surface area (Å²) < 4.78 is 5.88. The average molecular weight is 369 g/mol. The normalized spacial score (nSPS) is 10.7. The van der Waals surface area contributed by atoms with E-state index < -0.39 is 0 Å². The average Bonchev–Trinajstić information content (AvgIpc) is 3.02. The Hall–Kier alpha value is -2.60. The fourth-order valence-corrected chi connectivity index (χ4v) is 2.83. The van der Waals surface area contributed by atoms with Crippen molar-refractivity contribution < 1.29 is 4.74 Å². The number of nitrogens with one attached hydrogen (secondary N) is 3. The van der Waals surface area contributed by atoms with Gasteiger partial charge in [-0.25, -0.2) is 4.98 Å². The minimum atomic E-state index is 0.385. The third kappa shape index (κ3) is 4.95. The maximum Gasteiger partial charge on any atom is 0.170 e. The molecule has 0 aliphatic heterocycles. The highest BCUT2D eigenvalue weighted by molar-refractivity contribution is 7.80. The molecule has 0 spiro atoms. The molecule has 136 valence electrons. The van der Waals surface area contributed by atoms with E-state index in [4.69, 9.17) is 17.0 Å². The Morgan fingerprint density at radius 1 is 1.23 bits per heavy atom. The highest BCUT2D eigenvalue weighted by Gasteiger charge is 2.05. The topological polar surface area (TPSA) is 62.0 Å². The number of aryl methyl sites for hydroxylation is 1. The lowest BCUT2D eigenvalue weighted by Gasteiger charge is -2.11. The summed E-state index contributed by atoms with van der Waals surface area (Å²) in [5.74, 6) is 1.57. The van der Waals surface area contributed by atoms with E-state index in [9.17, 15) is 0 Å². The van der Waals surface area contributed by atoms with E-state index in [1.807, 2.05) is 30.3 Å². The molecular formula is C20H24N4OS. The first-order valence-electron chi connectivity index (χ1n) is 8.87. The number of imidazole rings is 1. The van der Waals surface area contributed by atoms with E-state index in [1.165, 1.54) is 5.56 Å². The molecule has 2 aromatic carbocycles. The highest BCUT2D eigenvalue weighted by atomic mass is 32.1. The molecule has 0 aliphatic rings. The molecule has 0 radical (unpaired) electrons. The van der Waals surface area contributed by atoms with Crippen LogP contribution in [-0.2, 0) is 6.61 Å². The van der Waals surface area contributed by atoms with Gasteiger partial charge in [0.05, 0.1) is 11.0 Å². The van der Waals surface area contributed by atoms with E-state index in [1.54, 1.807) is 0 Å². The molecule has 6 heteroatoms. The fraction of sp³-hybridized carbons (Fsp3) is 0.300. The van der Waals surface area contributed by atoms with E-state index in [0.29, 0.717) is 11.7 Å². The predicted octanol–water partition coefficient (Wildman–Crippen LogP) is 4.54. The lowest BCUT2D eigenvalue weighted by Crippen LogP contribution is -2.29. The Kier molecular flexibility index (Phi) is 6.07. The van der Waals surface area contributed by atoms with Gasteiger partial charge in [0.1, 0.15) is 18.2 Å². The number of rotatable bonds is 7. The van der Waals surface area contributed by atoms with Crippen molar-refractivity contribution in [2.45, 2.75) is 33.3 Å². The minimum Gasteiger partial charge on any atom is -0.486 e. The van der Waals surface area contributed by atoms with Crippen molar-refractivity contribution in [1.29, 1.82) is 0 Å². The van der Waals surface area contributed by atoms with E-state index >= 15 is 0 Å². The summed E-state index contributed by atoms with van der Waals surface area (Å²) in [6.45, 7) is 5.49. The van der Waals surface area contributed by atoms with E-state index in [2.05, 4.69) is 46.6 Å². The van der Waals surface area contributed by atoms with Crippen LogP contribution < -0.4 is 15.4 Å². The van der Waals surface area contributed by atoms with Crippen LogP contribution in [0.4, 0.5) is 5.69 Å². The van der Waals surface area contributed by atoms with Crippen molar-refractivity contribution in [3.05, 3.63) is 53.9 Å². The van der Waals surface area contributed by atoms with Gasteiger partial charge in [0.15, 0.2) is 5.11 Å². The molecule has 0 fully saturated rings. The highest BCUT2D eigenvalue weighted by Crippen LogP contribution is 2.19. The summed E-state index contributed by atoms with van der Waals surface area (Å²) in [5.41, 5.74) is 4.09. The quantitative estimate of drug-likeness (QED) is 0.422. The number of thiocarbonyl (C=S) groups is 1. The third-order valence-corrected chi connectivity index (χ3v) is 4.22. The van der Waals surface area contributed by atoms with Crippen LogP contribution in [0.5, 0.6) is 5.75 Å². The van der Waals surface area contributed by atoms with Crippen molar-refractivity contribution >= 4 is 34.1 Å². The Morgan fingerprint density at radius 2 is 2.12 bits per heavy atom. The van der Waals surface area contributed by atoms with Crippen molar-refractivity contribution in [3.63, 3.8) is 0 Å². The molecule has 1 heterocycles. The SMILES string of the molecule is CCCCNC(=S)Nc1cccc(OCc2nc3ccc(C)cc3[nH]2)c1. The van der Waals surface area contributed by atoms with Crippen LogP contribution in [0.3, 0.4) is 0 Å². The van der Waals surface area contributed by atoms with Gasteiger partial charge in [-0.05, 0) is 55.4 Å². The van der Waals surface area contributed by atoms with Gasteiger partial charge < -0.3 is 20.4 Å². The van der Waals surface area contributed by atoms with Crippen LogP contribution >= 0.6 is 12.2 Å². The molecular weight excluding hydrogens is 344 g/mol. The second-order valence-electron chi connectivity index (χ2n) is 6.26. The number of benzene rings is 2. The van der Waals surface area contributed by atoms with Crippen LogP contribution in [0, 0.1) is 6.92 Å². The minimum absolute atomic E-state index is 0.385. The molecule has 3 aromatic rings. The monoisotopic (exact) mass is 368 g/mol. The molecule has 0 saturated heterocycles. The van der Waals surface area contributed by atoms with Crippen LogP contribution in [0.2, 0.25) is 0 Å². The Morgan fingerprint density at radius 3 is 2.96 bits per heavy atom. The number of unbranched alkanes of at least 4 members (excludes halogenated alkanes) is 1. The maximum absolute atomic E-state index is 5.88. The predicted molar refractivity (Wildman–Crippen MR) is 111 cm³/mol. The second-order valence-corrected chi connectivity index (χ2v) is 6.66. The third-order valence-electron chi connectivity index (χ3n) is 3.97. The number of hydrogen-bond acceptors (Lipinski definition) is 3. The first-order valence-corrected chi connectivity index (χ1v) is 9.28. The fourth-order valence-electron chi connectivity index (χ4n) is 2.61. The zero-order chi connectivity index (χ0) is 18.4. The summed E-state index contributed by atoms with van der Waals surface area (Å²) in [7, 11) is 0. The zero-order valence-electron chi connectivity index (χ0n) is 15.1. The van der Waals surface area contributed by atoms with Crippen LogP contribution in [-0.4, -0.2) is 21.6 Å². The number of aromatic amines is 1. The summed E-state index contributed by atoms with van der Waals surface area (Å²) >= 11 is 5.30. The van der Waals surface area contributed by atoms with Crippen LogP contribution in [0.1, 0.15) is 31.2 Å². The number of ether oxygens (including phenoxy) is 1. The van der Waals surface area contributed by atoms with E-state index in [-0.39, 0.29) is 0 Å². The second kappa shape index (κ2) is 8.67. The molecule has 0 aliphatic carbocycles. The van der Waals surface area contributed by atoms with Crippen molar-refractivity contribution in [1.82, 2.24) is 15.3 Å². The number of fused-ring (bicyclic) bond motifs is 1. The maximum atomic E-state index is 5.88.